The number of alkyl carbamates (subject to hydrolysis) is 1. The van der Waals surface area contributed by atoms with Crippen molar-refractivity contribution in [2.75, 3.05) is 5.32 Å². The van der Waals surface area contributed by atoms with Gasteiger partial charge in [0.15, 0.2) is 0 Å². The number of benzene rings is 1. The standard InChI is InChI=1S/C29H35ClN8O2/c1-29(2,3)40-28(39)35-21-11-9-20(10-12-21)34-26-22(27(31)36-24-8-6-5-7-23(24)30)15-33-38-17-18(13-25(26)38)19-14-32-37(4)16-19/h5-8,13-17,20-21,34H,9-12H2,1-4H3,(H2,31,36)(H,35,39). The van der Waals surface area contributed by atoms with Crippen LogP contribution in [0, 0.1) is 0 Å². The molecule has 1 fully saturated rings. The SMILES string of the molecule is Cn1cc(-c2cc3c(NC4CCC(NC(=O)OC(C)(C)C)CC4)c(C(N)=Nc4ccccc4Cl)cnn3c2)cn1. The number of halogens is 1. The van der Waals surface area contributed by atoms with E-state index in [0.29, 0.717) is 22.1 Å². The summed E-state index contributed by atoms with van der Waals surface area (Å²) in [4.78, 5) is 16.9. The predicted octanol–water partition coefficient (Wildman–Crippen LogP) is 5.67. The largest absolute Gasteiger partial charge is 0.444 e. The number of carbonyl (C=O) groups is 1. The van der Waals surface area contributed by atoms with Crippen molar-refractivity contribution in [1.29, 1.82) is 0 Å². The van der Waals surface area contributed by atoms with E-state index in [1.807, 2.05) is 69.1 Å². The van der Waals surface area contributed by atoms with E-state index in [1.54, 1.807) is 16.9 Å². The number of ether oxygens (including phenoxy) is 1. The zero-order valence-electron chi connectivity index (χ0n) is 23.2. The van der Waals surface area contributed by atoms with Gasteiger partial charge in [0.25, 0.3) is 0 Å². The Morgan fingerprint density at radius 1 is 1.07 bits per heavy atom. The van der Waals surface area contributed by atoms with Gasteiger partial charge in [-0.15, -0.1) is 0 Å². The lowest BCUT2D eigenvalue weighted by Crippen LogP contribution is -2.42. The summed E-state index contributed by atoms with van der Waals surface area (Å²) in [6, 6.07) is 9.65. The maximum atomic E-state index is 12.3. The quantitative estimate of drug-likeness (QED) is 0.205. The van der Waals surface area contributed by atoms with Gasteiger partial charge in [0.2, 0.25) is 0 Å². The molecule has 0 saturated heterocycles. The van der Waals surface area contributed by atoms with Crippen LogP contribution in [-0.2, 0) is 11.8 Å². The van der Waals surface area contributed by atoms with E-state index in [0.717, 1.165) is 48.0 Å². The van der Waals surface area contributed by atoms with Crippen LogP contribution in [0.5, 0.6) is 0 Å². The van der Waals surface area contributed by atoms with Crippen LogP contribution in [-0.4, -0.2) is 49.0 Å². The number of anilines is 1. The number of nitrogens with two attached hydrogens (primary N) is 1. The van der Waals surface area contributed by atoms with E-state index in [1.165, 1.54) is 0 Å². The Bertz CT molecular complexity index is 1540. The predicted molar refractivity (Wildman–Crippen MR) is 158 cm³/mol. The van der Waals surface area contributed by atoms with E-state index in [4.69, 9.17) is 22.1 Å². The second kappa shape index (κ2) is 11.2. The Balaban J connectivity index is 1.43. The Hall–Kier alpha value is -4.05. The van der Waals surface area contributed by atoms with Gasteiger partial charge in [-0.05, 0) is 64.7 Å². The molecule has 0 unspecified atom stereocenters. The number of fused-ring (bicyclic) bond motifs is 1. The van der Waals surface area contributed by atoms with Gasteiger partial charge in [-0.3, -0.25) is 4.68 Å². The smallest absolute Gasteiger partial charge is 0.407 e. The second-order valence-electron chi connectivity index (χ2n) is 11.2. The molecule has 3 aromatic heterocycles. The number of amidine groups is 1. The Morgan fingerprint density at radius 3 is 2.48 bits per heavy atom. The third-order valence-corrected chi connectivity index (χ3v) is 7.16. The number of aromatic nitrogens is 4. The van der Waals surface area contributed by atoms with Crippen LogP contribution < -0.4 is 16.4 Å². The highest BCUT2D eigenvalue weighted by Crippen LogP contribution is 2.32. The summed E-state index contributed by atoms with van der Waals surface area (Å²) in [5, 5.41) is 16.2. The number of hydrogen-bond acceptors (Lipinski definition) is 6. The second-order valence-corrected chi connectivity index (χ2v) is 11.6. The highest BCUT2D eigenvalue weighted by molar-refractivity contribution is 6.33. The number of rotatable bonds is 6. The molecule has 1 saturated carbocycles. The molecule has 4 N–H and O–H groups in total. The molecular formula is C29H35ClN8O2. The molecule has 210 valence electrons. The summed E-state index contributed by atoms with van der Waals surface area (Å²) >= 11 is 6.36. The number of aryl methyl sites for hydroxylation is 1. The highest BCUT2D eigenvalue weighted by atomic mass is 35.5. The number of aliphatic imine (C=N–C) groups is 1. The lowest BCUT2D eigenvalue weighted by atomic mass is 9.91. The molecule has 0 spiro atoms. The Kier molecular flexibility index (Phi) is 7.71. The molecule has 11 heteroatoms. The van der Waals surface area contributed by atoms with Gasteiger partial charge in [-0.2, -0.15) is 10.2 Å². The molecule has 4 aromatic rings. The van der Waals surface area contributed by atoms with Crippen LogP contribution in [0.25, 0.3) is 16.6 Å². The molecule has 3 heterocycles. The highest BCUT2D eigenvalue weighted by Gasteiger charge is 2.26. The summed E-state index contributed by atoms with van der Waals surface area (Å²) in [7, 11) is 1.89. The molecule has 0 aliphatic heterocycles. The first-order valence-electron chi connectivity index (χ1n) is 13.4. The number of nitrogens with one attached hydrogen (secondary N) is 2. The Morgan fingerprint density at radius 2 is 1.80 bits per heavy atom. The van der Waals surface area contributed by atoms with E-state index in [-0.39, 0.29) is 18.2 Å². The van der Waals surface area contributed by atoms with Crippen LogP contribution in [0.3, 0.4) is 0 Å². The van der Waals surface area contributed by atoms with Crippen LogP contribution in [0.15, 0.2) is 60.1 Å². The first-order chi connectivity index (χ1) is 19.1. The van der Waals surface area contributed by atoms with Crippen molar-refractivity contribution in [3.8, 4) is 11.1 Å². The fraction of sp³-hybridized carbons (Fsp3) is 0.379. The number of amides is 1. The maximum Gasteiger partial charge on any atom is 0.407 e. The Labute approximate surface area is 238 Å². The van der Waals surface area contributed by atoms with E-state index >= 15 is 0 Å². The average Bonchev–Trinajstić information content (AvgIpc) is 3.52. The van der Waals surface area contributed by atoms with Gasteiger partial charge in [-0.25, -0.2) is 14.3 Å². The lowest BCUT2D eigenvalue weighted by Gasteiger charge is -2.31. The monoisotopic (exact) mass is 562 g/mol. The van der Waals surface area contributed by atoms with Crippen LogP contribution in [0.1, 0.15) is 52.0 Å². The van der Waals surface area contributed by atoms with E-state index in [2.05, 4.69) is 31.9 Å². The summed E-state index contributed by atoms with van der Waals surface area (Å²) in [6.07, 6.45) is 10.5. The number of nitrogens with zero attached hydrogens (tertiary/aromatic N) is 5. The lowest BCUT2D eigenvalue weighted by molar-refractivity contribution is 0.0492. The van der Waals surface area contributed by atoms with Crippen molar-refractivity contribution in [1.82, 2.24) is 24.7 Å². The zero-order chi connectivity index (χ0) is 28.4. The number of hydrogen-bond donors (Lipinski definition) is 3. The van der Waals surface area contributed by atoms with Crippen molar-refractivity contribution in [3.63, 3.8) is 0 Å². The normalized spacial score (nSPS) is 18.1. The zero-order valence-corrected chi connectivity index (χ0v) is 23.9. The van der Waals surface area contributed by atoms with Crippen LogP contribution in [0.2, 0.25) is 5.02 Å². The fourth-order valence-electron chi connectivity index (χ4n) is 4.92. The van der Waals surface area contributed by atoms with Gasteiger partial charge < -0.3 is 21.1 Å². The molecule has 10 nitrogen and oxygen atoms in total. The van der Waals surface area contributed by atoms with Gasteiger partial charge >= 0.3 is 6.09 Å². The summed E-state index contributed by atoms with van der Waals surface area (Å²) in [5.41, 5.74) is 11.0. The minimum Gasteiger partial charge on any atom is -0.444 e. The minimum atomic E-state index is -0.525. The summed E-state index contributed by atoms with van der Waals surface area (Å²) < 4.78 is 9.04. The summed E-state index contributed by atoms with van der Waals surface area (Å²) in [6.45, 7) is 5.59. The van der Waals surface area contributed by atoms with E-state index < -0.39 is 5.60 Å². The molecule has 0 radical (unpaired) electrons. The van der Waals surface area contributed by atoms with Crippen LogP contribution >= 0.6 is 11.6 Å². The molecule has 5 rings (SSSR count). The summed E-state index contributed by atoms with van der Waals surface area (Å²) in [5.74, 6) is 0.315. The molecule has 1 amide bonds. The van der Waals surface area contributed by atoms with Crippen molar-refractivity contribution >= 4 is 40.4 Å². The number of carbonyl (C=O) groups excluding carboxylic acids is 1. The first kappa shape index (κ1) is 27.5. The average molecular weight is 563 g/mol. The van der Waals surface area contributed by atoms with Crippen molar-refractivity contribution in [2.45, 2.75) is 64.1 Å². The molecule has 1 aliphatic rings. The van der Waals surface area contributed by atoms with Gasteiger partial charge in [0.05, 0.1) is 39.9 Å². The topological polar surface area (TPSA) is 124 Å². The molecule has 1 aromatic carbocycles. The first-order valence-corrected chi connectivity index (χ1v) is 13.8. The van der Waals surface area contributed by atoms with Gasteiger partial charge in [-0.1, -0.05) is 23.7 Å². The minimum absolute atomic E-state index is 0.0715. The van der Waals surface area contributed by atoms with Crippen LogP contribution in [0.4, 0.5) is 16.2 Å². The van der Waals surface area contributed by atoms with Crippen molar-refractivity contribution in [3.05, 3.63) is 65.7 Å². The van der Waals surface area contributed by atoms with Crippen molar-refractivity contribution in [2.24, 2.45) is 17.8 Å². The number of para-hydroxylation sites is 1. The molecular weight excluding hydrogens is 528 g/mol. The maximum absolute atomic E-state index is 12.3. The van der Waals surface area contributed by atoms with Gasteiger partial charge in [0, 0.05) is 42.7 Å². The van der Waals surface area contributed by atoms with E-state index in [9.17, 15) is 4.79 Å². The fourth-order valence-corrected chi connectivity index (χ4v) is 5.10. The molecule has 1 aliphatic carbocycles. The molecule has 40 heavy (non-hydrogen) atoms. The third kappa shape index (κ3) is 6.39. The molecule has 0 atom stereocenters. The van der Waals surface area contributed by atoms with Crippen molar-refractivity contribution < 1.29 is 9.53 Å². The third-order valence-electron chi connectivity index (χ3n) is 6.84. The molecule has 0 bridgehead atoms. The van der Waals surface area contributed by atoms with Gasteiger partial charge in [0.1, 0.15) is 11.4 Å².